The molecule has 0 aliphatic rings. The highest BCUT2D eigenvalue weighted by Gasteiger charge is 2.07. The van der Waals surface area contributed by atoms with E-state index in [4.69, 9.17) is 9.15 Å². The lowest BCUT2D eigenvalue weighted by atomic mass is 10.1. The maximum absolute atomic E-state index is 12.1. The van der Waals surface area contributed by atoms with E-state index in [1.54, 1.807) is 49.6 Å². The van der Waals surface area contributed by atoms with Crippen molar-refractivity contribution in [2.45, 2.75) is 6.54 Å². The van der Waals surface area contributed by atoms with E-state index >= 15 is 0 Å². The van der Waals surface area contributed by atoms with Crippen LogP contribution in [0.5, 0.6) is 5.75 Å². The monoisotopic (exact) mass is 298 g/mol. The fourth-order valence-corrected chi connectivity index (χ4v) is 2.16. The maximum Gasteiger partial charge on any atom is 0.417 e. The third-order valence-electron chi connectivity index (χ3n) is 3.27. The first-order valence-electron chi connectivity index (χ1n) is 6.70. The Morgan fingerprint density at radius 2 is 2.14 bits per heavy atom. The largest absolute Gasteiger partial charge is 0.497 e. The molecule has 2 N–H and O–H groups in total. The molecule has 3 aromatic rings. The fraction of sp³-hybridized carbons (Fsp3) is 0.125. The van der Waals surface area contributed by atoms with Gasteiger partial charge in [-0.1, -0.05) is 12.1 Å². The van der Waals surface area contributed by atoms with Crippen LogP contribution in [0, 0.1) is 0 Å². The minimum Gasteiger partial charge on any atom is -0.497 e. The number of rotatable bonds is 4. The molecule has 112 valence electrons. The van der Waals surface area contributed by atoms with Gasteiger partial charge in [0, 0.05) is 12.1 Å². The van der Waals surface area contributed by atoms with Gasteiger partial charge in [0.25, 0.3) is 5.91 Å². The third kappa shape index (κ3) is 2.85. The first-order chi connectivity index (χ1) is 10.7. The van der Waals surface area contributed by atoms with Gasteiger partial charge in [-0.2, -0.15) is 0 Å². The van der Waals surface area contributed by atoms with Gasteiger partial charge in [-0.25, -0.2) is 4.79 Å². The molecule has 2 aromatic carbocycles. The minimum absolute atomic E-state index is 0.195. The molecule has 0 atom stereocenters. The lowest BCUT2D eigenvalue weighted by molar-refractivity contribution is 0.0950. The number of amides is 1. The van der Waals surface area contributed by atoms with Crippen molar-refractivity contribution >= 4 is 17.0 Å². The molecule has 0 fully saturated rings. The van der Waals surface area contributed by atoms with Crippen LogP contribution in [0.15, 0.2) is 51.7 Å². The Hall–Kier alpha value is -3.02. The summed E-state index contributed by atoms with van der Waals surface area (Å²) in [6.45, 7) is 0.346. The average Bonchev–Trinajstić information content (AvgIpc) is 2.91. The van der Waals surface area contributed by atoms with E-state index in [0.717, 1.165) is 5.56 Å². The van der Waals surface area contributed by atoms with Crippen LogP contribution in [0.2, 0.25) is 0 Å². The van der Waals surface area contributed by atoms with Gasteiger partial charge >= 0.3 is 5.76 Å². The number of carbonyl (C=O) groups excluding carboxylic acids is 1. The van der Waals surface area contributed by atoms with Gasteiger partial charge in [-0.3, -0.25) is 9.78 Å². The summed E-state index contributed by atoms with van der Waals surface area (Å²) >= 11 is 0. The highest BCUT2D eigenvalue weighted by atomic mass is 16.5. The van der Waals surface area contributed by atoms with Crippen LogP contribution in [0.1, 0.15) is 15.9 Å². The molecule has 0 saturated heterocycles. The van der Waals surface area contributed by atoms with Crippen molar-refractivity contribution < 1.29 is 13.9 Å². The molecule has 1 heterocycles. The van der Waals surface area contributed by atoms with Crippen molar-refractivity contribution in [3.8, 4) is 5.75 Å². The number of aromatic amines is 1. The van der Waals surface area contributed by atoms with Gasteiger partial charge < -0.3 is 14.5 Å². The van der Waals surface area contributed by atoms with Crippen LogP contribution in [0.25, 0.3) is 11.1 Å². The predicted molar refractivity (Wildman–Crippen MR) is 81.0 cm³/mol. The molecule has 0 spiro atoms. The van der Waals surface area contributed by atoms with Crippen molar-refractivity contribution in [2.75, 3.05) is 7.11 Å². The zero-order chi connectivity index (χ0) is 15.5. The van der Waals surface area contributed by atoms with Gasteiger partial charge in [0.2, 0.25) is 0 Å². The molecule has 1 aromatic heterocycles. The number of oxazole rings is 1. The number of carbonyl (C=O) groups is 1. The van der Waals surface area contributed by atoms with E-state index in [1.807, 2.05) is 0 Å². The molecule has 0 bridgehead atoms. The number of hydrogen-bond acceptors (Lipinski definition) is 4. The van der Waals surface area contributed by atoms with Crippen LogP contribution >= 0.6 is 0 Å². The highest BCUT2D eigenvalue weighted by molar-refractivity contribution is 5.94. The van der Waals surface area contributed by atoms with Crippen LogP contribution in [0.3, 0.4) is 0 Å². The second-order valence-corrected chi connectivity index (χ2v) is 4.76. The second kappa shape index (κ2) is 5.77. The number of hydrogen-bond donors (Lipinski definition) is 2. The standard InChI is InChI=1S/C16H14N2O4/c1-21-12-4-2-3-11(8-12)15(19)17-9-10-5-6-14-13(7-10)18-16(20)22-14/h2-8H,9H2,1H3,(H,17,19)(H,18,20). The van der Waals surface area contributed by atoms with E-state index < -0.39 is 5.76 Å². The van der Waals surface area contributed by atoms with Crippen LogP contribution in [0.4, 0.5) is 0 Å². The molecular formula is C16H14N2O4. The van der Waals surface area contributed by atoms with Gasteiger partial charge in [0.15, 0.2) is 5.58 Å². The molecule has 1 amide bonds. The molecule has 0 aliphatic heterocycles. The zero-order valence-corrected chi connectivity index (χ0v) is 11.9. The zero-order valence-electron chi connectivity index (χ0n) is 11.9. The Kier molecular flexibility index (Phi) is 3.65. The predicted octanol–water partition coefficient (Wildman–Crippen LogP) is 2.06. The van der Waals surface area contributed by atoms with Crippen molar-refractivity contribution in [1.82, 2.24) is 10.3 Å². The quantitative estimate of drug-likeness (QED) is 0.772. The second-order valence-electron chi connectivity index (χ2n) is 4.76. The summed E-state index contributed by atoms with van der Waals surface area (Å²) < 4.78 is 10.0. The number of aromatic nitrogens is 1. The Morgan fingerprint density at radius 3 is 2.95 bits per heavy atom. The fourth-order valence-electron chi connectivity index (χ4n) is 2.16. The summed E-state index contributed by atoms with van der Waals surface area (Å²) in [6.07, 6.45) is 0. The Balaban J connectivity index is 1.72. The van der Waals surface area contributed by atoms with Crippen LogP contribution < -0.4 is 15.8 Å². The molecule has 0 unspecified atom stereocenters. The van der Waals surface area contributed by atoms with Crippen molar-refractivity contribution in [3.05, 3.63) is 64.1 Å². The highest BCUT2D eigenvalue weighted by Crippen LogP contribution is 2.14. The Morgan fingerprint density at radius 1 is 1.27 bits per heavy atom. The van der Waals surface area contributed by atoms with E-state index in [1.165, 1.54) is 0 Å². The van der Waals surface area contributed by atoms with Gasteiger partial charge in [-0.15, -0.1) is 0 Å². The van der Waals surface area contributed by atoms with E-state index in [2.05, 4.69) is 10.3 Å². The number of H-pyrrole nitrogens is 1. The molecule has 0 saturated carbocycles. The van der Waals surface area contributed by atoms with Gasteiger partial charge in [0.05, 0.1) is 12.6 Å². The molecular weight excluding hydrogens is 284 g/mol. The Bertz CT molecular complexity index is 879. The molecule has 6 nitrogen and oxygen atoms in total. The number of methoxy groups -OCH3 is 1. The summed E-state index contributed by atoms with van der Waals surface area (Å²) in [5.41, 5.74) is 2.49. The van der Waals surface area contributed by atoms with Crippen molar-refractivity contribution in [2.24, 2.45) is 0 Å². The van der Waals surface area contributed by atoms with E-state index in [0.29, 0.717) is 29.0 Å². The number of ether oxygens (including phenoxy) is 1. The summed E-state index contributed by atoms with van der Waals surface area (Å²) in [7, 11) is 1.55. The topological polar surface area (TPSA) is 84.3 Å². The Labute approximate surface area is 125 Å². The molecule has 0 aliphatic carbocycles. The SMILES string of the molecule is COc1cccc(C(=O)NCc2ccc3oc(=O)[nH]c3c2)c1. The van der Waals surface area contributed by atoms with Crippen LogP contribution in [-0.4, -0.2) is 18.0 Å². The number of fused-ring (bicyclic) bond motifs is 1. The maximum atomic E-state index is 12.1. The van der Waals surface area contributed by atoms with E-state index in [9.17, 15) is 9.59 Å². The van der Waals surface area contributed by atoms with Crippen molar-refractivity contribution in [1.29, 1.82) is 0 Å². The number of benzene rings is 2. The molecule has 0 radical (unpaired) electrons. The smallest absolute Gasteiger partial charge is 0.417 e. The summed E-state index contributed by atoms with van der Waals surface area (Å²) in [5.74, 6) is -0.0581. The molecule has 3 rings (SSSR count). The van der Waals surface area contributed by atoms with Crippen molar-refractivity contribution in [3.63, 3.8) is 0 Å². The van der Waals surface area contributed by atoms with Gasteiger partial charge in [-0.05, 0) is 35.9 Å². The summed E-state index contributed by atoms with van der Waals surface area (Å²) in [5, 5.41) is 2.82. The first-order valence-corrected chi connectivity index (χ1v) is 6.70. The number of nitrogens with one attached hydrogen (secondary N) is 2. The summed E-state index contributed by atoms with van der Waals surface area (Å²) in [4.78, 5) is 25.8. The van der Waals surface area contributed by atoms with E-state index in [-0.39, 0.29) is 5.91 Å². The lowest BCUT2D eigenvalue weighted by Gasteiger charge is -2.07. The van der Waals surface area contributed by atoms with Crippen LogP contribution in [-0.2, 0) is 6.54 Å². The minimum atomic E-state index is -0.493. The normalized spacial score (nSPS) is 10.6. The molecule has 22 heavy (non-hydrogen) atoms. The first kappa shape index (κ1) is 13.9. The molecule has 6 heteroatoms. The van der Waals surface area contributed by atoms with Gasteiger partial charge in [0.1, 0.15) is 5.75 Å². The lowest BCUT2D eigenvalue weighted by Crippen LogP contribution is -2.22. The average molecular weight is 298 g/mol. The third-order valence-corrected chi connectivity index (χ3v) is 3.27. The summed E-state index contributed by atoms with van der Waals surface area (Å²) in [6, 6.07) is 12.2.